The highest BCUT2D eigenvalue weighted by Gasteiger charge is 2.04. The first-order chi connectivity index (χ1) is 10.3. The van der Waals surface area contributed by atoms with Crippen molar-refractivity contribution in [1.82, 2.24) is 0 Å². The molecular formula is C18H21NO2. The molecule has 0 spiro atoms. The molecule has 0 heterocycles. The van der Waals surface area contributed by atoms with Gasteiger partial charge in [0.1, 0.15) is 0 Å². The second-order valence-corrected chi connectivity index (χ2v) is 4.62. The maximum atomic E-state index is 5.56. The van der Waals surface area contributed by atoms with E-state index in [1.165, 1.54) is 5.56 Å². The quantitative estimate of drug-likeness (QED) is 0.735. The molecule has 3 heteroatoms. The number of aryl methyl sites for hydroxylation is 1. The first-order valence-electron chi connectivity index (χ1n) is 7.20. The third kappa shape index (κ3) is 4.09. The summed E-state index contributed by atoms with van der Waals surface area (Å²) in [6, 6.07) is 14.1. The lowest BCUT2D eigenvalue weighted by molar-refractivity contribution is 0.311. The van der Waals surface area contributed by atoms with Crippen molar-refractivity contribution in [3.8, 4) is 11.5 Å². The molecule has 0 saturated heterocycles. The molecule has 110 valence electrons. The average Bonchev–Trinajstić information content (AvgIpc) is 2.54. The Kier molecular flexibility index (Phi) is 5.38. The van der Waals surface area contributed by atoms with E-state index in [0.717, 1.165) is 29.2 Å². The third-order valence-electron chi connectivity index (χ3n) is 3.19. The number of hydrogen-bond acceptors (Lipinski definition) is 3. The van der Waals surface area contributed by atoms with Gasteiger partial charge in [0.2, 0.25) is 0 Å². The Balaban J connectivity index is 2.17. The van der Waals surface area contributed by atoms with Crippen molar-refractivity contribution < 1.29 is 9.47 Å². The SMILES string of the molecule is CCOc1cc(C=Nc2ccc(CC)cc2)ccc1OC. The molecule has 0 N–H and O–H groups in total. The summed E-state index contributed by atoms with van der Waals surface area (Å²) < 4.78 is 10.8. The Labute approximate surface area is 126 Å². The Morgan fingerprint density at radius 3 is 2.38 bits per heavy atom. The zero-order chi connectivity index (χ0) is 15.1. The fourth-order valence-electron chi connectivity index (χ4n) is 2.01. The maximum absolute atomic E-state index is 5.56. The van der Waals surface area contributed by atoms with Crippen molar-refractivity contribution >= 4 is 11.9 Å². The molecule has 0 aromatic heterocycles. The lowest BCUT2D eigenvalue weighted by Gasteiger charge is -2.09. The van der Waals surface area contributed by atoms with Gasteiger partial charge in [0.15, 0.2) is 11.5 Å². The minimum Gasteiger partial charge on any atom is -0.493 e. The van der Waals surface area contributed by atoms with Crippen molar-refractivity contribution in [3.63, 3.8) is 0 Å². The summed E-state index contributed by atoms with van der Waals surface area (Å²) in [7, 11) is 1.64. The lowest BCUT2D eigenvalue weighted by atomic mass is 10.1. The molecule has 0 atom stereocenters. The van der Waals surface area contributed by atoms with Crippen LogP contribution in [0.25, 0.3) is 0 Å². The Hall–Kier alpha value is -2.29. The van der Waals surface area contributed by atoms with E-state index in [2.05, 4.69) is 24.0 Å². The van der Waals surface area contributed by atoms with Crippen molar-refractivity contribution in [3.05, 3.63) is 53.6 Å². The van der Waals surface area contributed by atoms with E-state index in [1.807, 2.05) is 43.5 Å². The van der Waals surface area contributed by atoms with Gasteiger partial charge in [0.25, 0.3) is 0 Å². The van der Waals surface area contributed by atoms with Crippen LogP contribution in [-0.2, 0) is 6.42 Å². The van der Waals surface area contributed by atoms with Crippen molar-refractivity contribution in [2.24, 2.45) is 4.99 Å². The van der Waals surface area contributed by atoms with Gasteiger partial charge in [0, 0.05) is 6.21 Å². The summed E-state index contributed by atoms with van der Waals surface area (Å²) >= 11 is 0. The Morgan fingerprint density at radius 1 is 1.00 bits per heavy atom. The largest absolute Gasteiger partial charge is 0.493 e. The maximum Gasteiger partial charge on any atom is 0.161 e. The highest BCUT2D eigenvalue weighted by Crippen LogP contribution is 2.27. The van der Waals surface area contributed by atoms with Gasteiger partial charge in [-0.15, -0.1) is 0 Å². The monoisotopic (exact) mass is 283 g/mol. The summed E-state index contributed by atoms with van der Waals surface area (Å²) in [5, 5.41) is 0. The minimum absolute atomic E-state index is 0.607. The fraction of sp³-hybridized carbons (Fsp3) is 0.278. The van der Waals surface area contributed by atoms with E-state index in [-0.39, 0.29) is 0 Å². The molecule has 0 amide bonds. The summed E-state index contributed by atoms with van der Waals surface area (Å²) in [5.74, 6) is 1.48. The molecule has 0 saturated carbocycles. The second kappa shape index (κ2) is 7.48. The van der Waals surface area contributed by atoms with Crippen LogP contribution in [0.3, 0.4) is 0 Å². The molecule has 0 aliphatic carbocycles. The molecule has 0 aliphatic rings. The molecule has 2 aromatic rings. The van der Waals surface area contributed by atoms with Crippen LogP contribution in [-0.4, -0.2) is 19.9 Å². The van der Waals surface area contributed by atoms with E-state index >= 15 is 0 Å². The first kappa shape index (κ1) is 15.1. The van der Waals surface area contributed by atoms with Gasteiger partial charge in [-0.3, -0.25) is 4.99 Å². The molecule has 0 fully saturated rings. The minimum atomic E-state index is 0.607. The van der Waals surface area contributed by atoms with Gasteiger partial charge in [0.05, 0.1) is 19.4 Å². The molecule has 2 aromatic carbocycles. The van der Waals surface area contributed by atoms with Crippen molar-refractivity contribution in [1.29, 1.82) is 0 Å². The molecule has 0 bridgehead atoms. The summed E-state index contributed by atoms with van der Waals surface area (Å²) in [5.41, 5.74) is 3.25. The number of hydrogen-bond donors (Lipinski definition) is 0. The number of methoxy groups -OCH3 is 1. The van der Waals surface area contributed by atoms with E-state index in [0.29, 0.717) is 6.61 Å². The predicted octanol–water partition coefficient (Wildman–Crippen LogP) is 4.41. The highest BCUT2D eigenvalue weighted by atomic mass is 16.5. The number of ether oxygens (including phenoxy) is 2. The standard InChI is InChI=1S/C18H21NO2/c1-4-14-6-9-16(10-7-14)19-13-15-8-11-17(20-3)18(12-15)21-5-2/h6-13H,4-5H2,1-3H3. The van der Waals surface area contributed by atoms with Gasteiger partial charge < -0.3 is 9.47 Å². The number of benzene rings is 2. The average molecular weight is 283 g/mol. The normalized spacial score (nSPS) is 10.8. The lowest BCUT2D eigenvalue weighted by Crippen LogP contribution is -1.96. The predicted molar refractivity (Wildman–Crippen MR) is 87.2 cm³/mol. The van der Waals surface area contributed by atoms with Gasteiger partial charge in [-0.2, -0.15) is 0 Å². The van der Waals surface area contributed by atoms with E-state index in [1.54, 1.807) is 7.11 Å². The molecule has 21 heavy (non-hydrogen) atoms. The fourth-order valence-corrected chi connectivity index (χ4v) is 2.01. The topological polar surface area (TPSA) is 30.8 Å². The number of nitrogens with zero attached hydrogens (tertiary/aromatic N) is 1. The third-order valence-corrected chi connectivity index (χ3v) is 3.19. The number of rotatable bonds is 6. The summed E-state index contributed by atoms with van der Waals surface area (Å²) in [4.78, 5) is 4.49. The zero-order valence-electron chi connectivity index (χ0n) is 12.8. The van der Waals surface area contributed by atoms with Crippen LogP contribution in [0.5, 0.6) is 11.5 Å². The van der Waals surface area contributed by atoms with E-state index in [4.69, 9.17) is 9.47 Å². The Morgan fingerprint density at radius 2 is 1.76 bits per heavy atom. The van der Waals surface area contributed by atoms with E-state index in [9.17, 15) is 0 Å². The van der Waals surface area contributed by atoms with Crippen LogP contribution < -0.4 is 9.47 Å². The van der Waals surface area contributed by atoms with Crippen LogP contribution in [0.2, 0.25) is 0 Å². The molecule has 0 aliphatic heterocycles. The van der Waals surface area contributed by atoms with Crippen LogP contribution in [0.1, 0.15) is 25.0 Å². The van der Waals surface area contributed by atoms with Crippen molar-refractivity contribution in [2.75, 3.05) is 13.7 Å². The van der Waals surface area contributed by atoms with Gasteiger partial charge >= 0.3 is 0 Å². The molecule has 0 unspecified atom stereocenters. The summed E-state index contributed by atoms with van der Waals surface area (Å²) in [6.07, 6.45) is 2.88. The first-order valence-corrected chi connectivity index (χ1v) is 7.20. The van der Waals surface area contributed by atoms with Crippen LogP contribution in [0.15, 0.2) is 47.5 Å². The van der Waals surface area contributed by atoms with Crippen LogP contribution >= 0.6 is 0 Å². The van der Waals surface area contributed by atoms with Gasteiger partial charge in [-0.05, 0) is 54.8 Å². The van der Waals surface area contributed by atoms with Crippen LogP contribution in [0, 0.1) is 0 Å². The van der Waals surface area contributed by atoms with Crippen LogP contribution in [0.4, 0.5) is 5.69 Å². The second-order valence-electron chi connectivity index (χ2n) is 4.62. The smallest absolute Gasteiger partial charge is 0.161 e. The summed E-state index contributed by atoms with van der Waals surface area (Å²) in [6.45, 7) is 4.70. The molecular weight excluding hydrogens is 262 g/mol. The molecule has 0 radical (unpaired) electrons. The number of aliphatic imine (C=N–C) groups is 1. The van der Waals surface area contributed by atoms with Gasteiger partial charge in [-0.1, -0.05) is 19.1 Å². The molecule has 3 nitrogen and oxygen atoms in total. The molecule has 2 rings (SSSR count). The zero-order valence-corrected chi connectivity index (χ0v) is 12.8. The van der Waals surface area contributed by atoms with E-state index < -0.39 is 0 Å². The highest BCUT2D eigenvalue weighted by molar-refractivity contribution is 5.83. The van der Waals surface area contributed by atoms with Gasteiger partial charge in [-0.25, -0.2) is 0 Å². The Bertz CT molecular complexity index is 603. The van der Waals surface area contributed by atoms with Crippen molar-refractivity contribution in [2.45, 2.75) is 20.3 Å².